The van der Waals surface area contributed by atoms with E-state index >= 15 is 0 Å². The number of hydrogen-bond donors (Lipinski definition) is 1. The molecular formula is C27H25ClNNaO7. The number of rotatable bonds is 9. The van der Waals surface area contributed by atoms with E-state index in [0.29, 0.717) is 59.3 Å². The third-order valence-corrected chi connectivity index (χ3v) is 6.19. The Morgan fingerprint density at radius 2 is 1.84 bits per heavy atom. The van der Waals surface area contributed by atoms with Gasteiger partial charge in [-0.05, 0) is 54.8 Å². The molecule has 1 aliphatic rings. The Balaban J connectivity index is 0.00000380. The zero-order chi connectivity index (χ0) is 25.7. The van der Waals surface area contributed by atoms with E-state index in [1.54, 1.807) is 44.6 Å². The molecule has 1 atom stereocenters. The van der Waals surface area contributed by atoms with E-state index in [4.69, 9.17) is 30.5 Å². The van der Waals surface area contributed by atoms with Gasteiger partial charge in [-0.2, -0.15) is 0 Å². The zero-order valence-corrected chi connectivity index (χ0v) is 23.6. The maximum atomic E-state index is 12.6. The summed E-state index contributed by atoms with van der Waals surface area (Å²) in [5.41, 5.74) is 1.87. The summed E-state index contributed by atoms with van der Waals surface area (Å²) in [4.78, 5) is 24.0. The SMILES string of the molecule is COc1cccc(CCNC(=O)c2ccc(Oc3cc4c(cc3Cl)C(C(=O)[O-])CCO4)cc2)c1OC.[Na+]. The van der Waals surface area contributed by atoms with Crippen LogP contribution >= 0.6 is 11.6 Å². The monoisotopic (exact) mass is 533 g/mol. The molecule has 1 heterocycles. The van der Waals surface area contributed by atoms with Crippen LogP contribution in [0.25, 0.3) is 0 Å². The van der Waals surface area contributed by atoms with Crippen LogP contribution in [0.4, 0.5) is 0 Å². The summed E-state index contributed by atoms with van der Waals surface area (Å²) in [7, 11) is 3.16. The fourth-order valence-corrected chi connectivity index (χ4v) is 4.29. The van der Waals surface area contributed by atoms with E-state index < -0.39 is 11.9 Å². The van der Waals surface area contributed by atoms with Crippen molar-refractivity contribution in [3.8, 4) is 28.7 Å². The number of aliphatic carboxylic acids is 1. The molecule has 4 rings (SSSR count). The van der Waals surface area contributed by atoms with Gasteiger partial charge in [0.15, 0.2) is 11.5 Å². The number of amides is 1. The third-order valence-electron chi connectivity index (χ3n) is 5.90. The van der Waals surface area contributed by atoms with Crippen LogP contribution in [-0.2, 0) is 11.2 Å². The van der Waals surface area contributed by atoms with Crippen molar-refractivity contribution in [2.24, 2.45) is 0 Å². The number of nitrogens with one attached hydrogen (secondary N) is 1. The first-order chi connectivity index (χ1) is 17.4. The molecule has 3 aromatic rings. The molecule has 37 heavy (non-hydrogen) atoms. The maximum Gasteiger partial charge on any atom is 1.00 e. The first-order valence-corrected chi connectivity index (χ1v) is 11.7. The molecule has 1 N–H and O–H groups in total. The summed E-state index contributed by atoms with van der Waals surface area (Å²) in [5.74, 6) is 0.304. The average molecular weight is 534 g/mol. The molecule has 0 spiro atoms. The van der Waals surface area contributed by atoms with Gasteiger partial charge in [0.25, 0.3) is 5.91 Å². The standard InChI is InChI=1S/C27H26ClNO7.Na/c1-33-22-5-3-4-16(25(22)34-2)10-12-29-26(30)17-6-8-18(9-7-17)36-24-15-23-20(14-21(24)28)19(27(31)32)11-13-35-23;/h3-9,14-15,19H,10-13H2,1-2H3,(H,29,30)(H,31,32);/q;+1/p-1. The van der Waals surface area contributed by atoms with Gasteiger partial charge in [0.05, 0.1) is 25.8 Å². The summed E-state index contributed by atoms with van der Waals surface area (Å²) in [6.45, 7) is 0.680. The van der Waals surface area contributed by atoms with Crippen molar-refractivity contribution in [3.63, 3.8) is 0 Å². The van der Waals surface area contributed by atoms with Crippen molar-refractivity contribution in [2.75, 3.05) is 27.4 Å². The van der Waals surface area contributed by atoms with Crippen LogP contribution in [0.15, 0.2) is 54.6 Å². The van der Waals surface area contributed by atoms with Crippen molar-refractivity contribution >= 4 is 23.5 Å². The maximum absolute atomic E-state index is 12.6. The Morgan fingerprint density at radius 3 is 2.51 bits per heavy atom. The van der Waals surface area contributed by atoms with Gasteiger partial charge in [-0.15, -0.1) is 0 Å². The van der Waals surface area contributed by atoms with Crippen LogP contribution in [-0.4, -0.2) is 39.2 Å². The molecule has 0 saturated carbocycles. The second-order valence-electron chi connectivity index (χ2n) is 8.11. The summed E-state index contributed by atoms with van der Waals surface area (Å²) in [6.07, 6.45) is 0.896. The Kier molecular flexibility index (Phi) is 10.1. The van der Waals surface area contributed by atoms with Gasteiger partial charge >= 0.3 is 29.6 Å². The summed E-state index contributed by atoms with van der Waals surface area (Å²) < 4.78 is 22.2. The predicted molar refractivity (Wildman–Crippen MR) is 131 cm³/mol. The summed E-state index contributed by atoms with van der Waals surface area (Å²) in [5, 5.41) is 14.5. The fraction of sp³-hybridized carbons (Fsp3) is 0.259. The number of methoxy groups -OCH3 is 2. The predicted octanol–water partition coefficient (Wildman–Crippen LogP) is 0.742. The van der Waals surface area contributed by atoms with E-state index in [1.165, 1.54) is 6.07 Å². The Morgan fingerprint density at radius 1 is 1.08 bits per heavy atom. The van der Waals surface area contributed by atoms with Crippen molar-refractivity contribution < 1.29 is 63.2 Å². The number of carbonyl (C=O) groups is 2. The minimum Gasteiger partial charge on any atom is -0.549 e. The Labute approximate surface area is 242 Å². The minimum absolute atomic E-state index is 0. The second kappa shape index (κ2) is 13.1. The van der Waals surface area contributed by atoms with Gasteiger partial charge < -0.3 is 34.2 Å². The number of para-hydroxylation sites is 1. The molecule has 0 saturated heterocycles. The fourth-order valence-electron chi connectivity index (χ4n) is 4.08. The molecule has 0 radical (unpaired) electrons. The van der Waals surface area contributed by atoms with E-state index in [2.05, 4.69) is 5.32 Å². The van der Waals surface area contributed by atoms with Crippen LogP contribution < -0.4 is 58.9 Å². The number of fused-ring (bicyclic) bond motifs is 1. The molecule has 1 amide bonds. The molecular weight excluding hydrogens is 509 g/mol. The van der Waals surface area contributed by atoms with E-state index in [-0.39, 0.29) is 47.1 Å². The normalized spacial score (nSPS) is 13.9. The van der Waals surface area contributed by atoms with Crippen molar-refractivity contribution in [1.82, 2.24) is 5.32 Å². The molecule has 3 aromatic carbocycles. The summed E-state index contributed by atoms with van der Waals surface area (Å²) in [6, 6.07) is 15.3. The largest absolute Gasteiger partial charge is 1.00 e. The molecule has 188 valence electrons. The number of carbonyl (C=O) groups excluding carboxylic acids is 2. The first-order valence-electron chi connectivity index (χ1n) is 11.3. The molecule has 0 bridgehead atoms. The quantitative estimate of drug-likeness (QED) is 0.404. The zero-order valence-electron chi connectivity index (χ0n) is 20.8. The number of carboxylic acids is 1. The first kappa shape index (κ1) is 28.7. The Hall–Kier alpha value is -2.91. The van der Waals surface area contributed by atoms with Crippen LogP contribution in [0.5, 0.6) is 28.7 Å². The van der Waals surface area contributed by atoms with Gasteiger partial charge in [0, 0.05) is 35.6 Å². The van der Waals surface area contributed by atoms with Gasteiger partial charge in [0.2, 0.25) is 0 Å². The molecule has 1 aliphatic heterocycles. The number of hydrogen-bond acceptors (Lipinski definition) is 7. The topological polar surface area (TPSA) is 106 Å². The number of carboxylic acid groups (broad SMARTS) is 1. The average Bonchev–Trinajstić information content (AvgIpc) is 2.88. The molecule has 1 unspecified atom stereocenters. The van der Waals surface area contributed by atoms with E-state index in [9.17, 15) is 14.7 Å². The van der Waals surface area contributed by atoms with E-state index in [0.717, 1.165) is 5.56 Å². The van der Waals surface area contributed by atoms with E-state index in [1.807, 2.05) is 18.2 Å². The Bertz CT molecular complexity index is 1270. The molecule has 0 aliphatic carbocycles. The van der Waals surface area contributed by atoms with Gasteiger partial charge in [-0.25, -0.2) is 0 Å². The number of halogens is 1. The molecule has 0 aromatic heterocycles. The van der Waals surface area contributed by atoms with Gasteiger partial charge in [-0.1, -0.05) is 23.7 Å². The van der Waals surface area contributed by atoms with Crippen molar-refractivity contribution in [1.29, 1.82) is 0 Å². The number of ether oxygens (including phenoxy) is 4. The number of benzene rings is 3. The van der Waals surface area contributed by atoms with Crippen LogP contribution in [0.2, 0.25) is 5.02 Å². The molecule has 0 fully saturated rings. The summed E-state index contributed by atoms with van der Waals surface area (Å²) >= 11 is 6.34. The van der Waals surface area contributed by atoms with Gasteiger partial charge in [-0.3, -0.25) is 4.79 Å². The third kappa shape index (κ3) is 6.70. The van der Waals surface area contributed by atoms with Gasteiger partial charge in [0.1, 0.15) is 17.2 Å². The second-order valence-corrected chi connectivity index (χ2v) is 8.52. The minimum atomic E-state index is -1.17. The van der Waals surface area contributed by atoms with Crippen molar-refractivity contribution in [3.05, 3.63) is 76.3 Å². The molecule has 10 heteroatoms. The van der Waals surface area contributed by atoms with Crippen LogP contribution in [0.1, 0.15) is 33.8 Å². The molecule has 8 nitrogen and oxygen atoms in total. The van der Waals surface area contributed by atoms with Crippen molar-refractivity contribution in [2.45, 2.75) is 18.8 Å². The van der Waals surface area contributed by atoms with Crippen LogP contribution in [0, 0.1) is 0 Å². The smallest absolute Gasteiger partial charge is 0.549 e. The van der Waals surface area contributed by atoms with Crippen LogP contribution in [0.3, 0.4) is 0 Å².